The minimum atomic E-state index is -4.03. The van der Waals surface area contributed by atoms with Gasteiger partial charge in [-0.05, 0) is 20.8 Å². The van der Waals surface area contributed by atoms with Crippen LogP contribution in [0.4, 0.5) is 4.79 Å². The third-order valence-electron chi connectivity index (χ3n) is 1.42. The molecule has 0 aliphatic carbocycles. The summed E-state index contributed by atoms with van der Waals surface area (Å²) in [7, 11) is -4.03. The Morgan fingerprint density at radius 1 is 1.53 bits per heavy atom. The van der Waals surface area contributed by atoms with E-state index in [2.05, 4.69) is 16.8 Å². The summed E-state index contributed by atoms with van der Waals surface area (Å²) in [5, 5.41) is 0. The lowest BCUT2D eigenvalue weighted by Crippen LogP contribution is -2.37. The van der Waals surface area contributed by atoms with E-state index in [0.717, 1.165) is 0 Å². The number of hydrogen-bond acceptors (Lipinski definition) is 6. The van der Waals surface area contributed by atoms with Gasteiger partial charge >= 0.3 is 16.4 Å². The van der Waals surface area contributed by atoms with Gasteiger partial charge in [0.1, 0.15) is 11.0 Å². The predicted octanol–water partition coefficient (Wildman–Crippen LogP) is 0.754. The second-order valence-electron chi connectivity index (χ2n) is 4.02. The van der Waals surface area contributed by atoms with Gasteiger partial charge in [-0.3, -0.25) is 0 Å². The van der Waals surface area contributed by atoms with Gasteiger partial charge in [0, 0.05) is 0 Å². The summed E-state index contributed by atoms with van der Waals surface area (Å²) >= 11 is 3.82. The highest BCUT2D eigenvalue weighted by Gasteiger charge is 2.41. The van der Waals surface area contributed by atoms with E-state index in [9.17, 15) is 13.2 Å². The fourth-order valence-electron chi connectivity index (χ4n) is 0.935. The lowest BCUT2D eigenvalue weighted by molar-refractivity contribution is 0.0403. The van der Waals surface area contributed by atoms with Gasteiger partial charge in [-0.25, -0.2) is 8.98 Å². The van der Waals surface area contributed by atoms with Crippen LogP contribution in [0.15, 0.2) is 0 Å². The Bertz CT molecular complexity index is 358. The van der Waals surface area contributed by atoms with Crippen LogP contribution in [0.5, 0.6) is 0 Å². The standard InChI is InChI=1S/C7H13NO5S2/c1-7(2,3)12-6(9)8-4-5(14)13-15(8,10)11/h5,14H,4H2,1-3H3. The summed E-state index contributed by atoms with van der Waals surface area (Å²) in [4.78, 5) is 11.4. The zero-order valence-electron chi connectivity index (χ0n) is 8.63. The van der Waals surface area contributed by atoms with E-state index < -0.39 is 27.4 Å². The first-order valence-electron chi connectivity index (χ1n) is 4.24. The molecule has 88 valence electrons. The fraction of sp³-hybridized carbons (Fsp3) is 0.857. The molecule has 1 unspecified atom stereocenters. The third kappa shape index (κ3) is 3.25. The number of carbonyl (C=O) groups is 1. The summed E-state index contributed by atoms with van der Waals surface area (Å²) in [6, 6.07) is 0. The monoisotopic (exact) mass is 255 g/mol. The van der Waals surface area contributed by atoms with Crippen LogP contribution in [-0.4, -0.2) is 36.4 Å². The summed E-state index contributed by atoms with van der Waals surface area (Å²) in [6.45, 7) is 4.80. The van der Waals surface area contributed by atoms with Gasteiger partial charge in [0.25, 0.3) is 0 Å². The molecule has 8 heteroatoms. The zero-order chi connectivity index (χ0) is 11.9. The van der Waals surface area contributed by atoms with Crippen LogP contribution in [0.1, 0.15) is 20.8 Å². The van der Waals surface area contributed by atoms with Crippen molar-refractivity contribution in [1.29, 1.82) is 0 Å². The second-order valence-corrected chi connectivity index (χ2v) is 6.08. The van der Waals surface area contributed by atoms with Crippen molar-refractivity contribution in [2.45, 2.75) is 31.8 Å². The van der Waals surface area contributed by atoms with Crippen molar-refractivity contribution in [1.82, 2.24) is 4.31 Å². The van der Waals surface area contributed by atoms with E-state index >= 15 is 0 Å². The number of thiol groups is 1. The van der Waals surface area contributed by atoms with Crippen molar-refractivity contribution in [3.63, 3.8) is 0 Å². The molecule has 0 radical (unpaired) electrons. The van der Waals surface area contributed by atoms with Gasteiger partial charge in [-0.1, -0.05) is 0 Å². The maximum Gasteiger partial charge on any atom is 0.426 e. The third-order valence-corrected chi connectivity index (χ3v) is 3.15. The molecule has 0 spiro atoms. The van der Waals surface area contributed by atoms with Gasteiger partial charge < -0.3 is 4.74 Å². The molecule has 1 saturated heterocycles. The topological polar surface area (TPSA) is 72.9 Å². The highest BCUT2D eigenvalue weighted by atomic mass is 32.2. The molecule has 0 saturated carbocycles. The lowest BCUT2D eigenvalue weighted by atomic mass is 10.2. The molecule has 1 fully saturated rings. The molecule has 1 rings (SSSR count). The minimum Gasteiger partial charge on any atom is -0.443 e. The second kappa shape index (κ2) is 3.84. The summed E-state index contributed by atoms with van der Waals surface area (Å²) < 4.78 is 32.4. The van der Waals surface area contributed by atoms with Crippen LogP contribution in [0.3, 0.4) is 0 Å². The molecule has 15 heavy (non-hydrogen) atoms. The van der Waals surface area contributed by atoms with Crippen molar-refractivity contribution >= 4 is 29.0 Å². The Morgan fingerprint density at radius 2 is 2.07 bits per heavy atom. The molecule has 0 aromatic carbocycles. The molecule has 1 heterocycles. The molecule has 6 nitrogen and oxygen atoms in total. The highest BCUT2D eigenvalue weighted by molar-refractivity contribution is 7.87. The van der Waals surface area contributed by atoms with Gasteiger partial charge in [-0.15, -0.1) is 12.6 Å². The SMILES string of the molecule is CC(C)(C)OC(=O)N1CC(S)OS1(=O)=O. The molecule has 1 aliphatic heterocycles. The Balaban J connectivity index is 2.78. The molecule has 1 atom stereocenters. The molecule has 0 aromatic heterocycles. The number of ether oxygens (including phenoxy) is 1. The predicted molar refractivity (Wildman–Crippen MR) is 55.7 cm³/mol. The van der Waals surface area contributed by atoms with Crippen LogP contribution in [-0.2, 0) is 19.2 Å². The number of rotatable bonds is 0. The summed E-state index contributed by atoms with van der Waals surface area (Å²) in [5.41, 5.74) is -1.58. The largest absolute Gasteiger partial charge is 0.443 e. The molecular formula is C7H13NO5S2. The maximum absolute atomic E-state index is 11.4. The lowest BCUT2D eigenvalue weighted by Gasteiger charge is -2.22. The van der Waals surface area contributed by atoms with E-state index in [4.69, 9.17) is 4.74 Å². The minimum absolute atomic E-state index is 0.139. The number of carbonyl (C=O) groups excluding carboxylic acids is 1. The van der Waals surface area contributed by atoms with E-state index in [1.54, 1.807) is 20.8 Å². The van der Waals surface area contributed by atoms with Gasteiger partial charge in [0.15, 0.2) is 0 Å². The van der Waals surface area contributed by atoms with Crippen LogP contribution in [0, 0.1) is 0 Å². The molecule has 0 N–H and O–H groups in total. The van der Waals surface area contributed by atoms with Crippen LogP contribution in [0.25, 0.3) is 0 Å². The van der Waals surface area contributed by atoms with E-state index in [-0.39, 0.29) is 6.54 Å². The van der Waals surface area contributed by atoms with Crippen LogP contribution < -0.4 is 0 Å². The smallest absolute Gasteiger partial charge is 0.426 e. The van der Waals surface area contributed by atoms with Crippen molar-refractivity contribution in [3.05, 3.63) is 0 Å². The highest BCUT2D eigenvalue weighted by Crippen LogP contribution is 2.22. The summed E-state index contributed by atoms with van der Waals surface area (Å²) in [6.07, 6.45) is -0.945. The van der Waals surface area contributed by atoms with Crippen molar-refractivity contribution in [3.8, 4) is 0 Å². The Labute approximate surface area is 94.2 Å². The Kier molecular flexibility index (Phi) is 3.22. The van der Waals surface area contributed by atoms with Crippen molar-refractivity contribution in [2.75, 3.05) is 6.54 Å². The van der Waals surface area contributed by atoms with Crippen LogP contribution in [0.2, 0.25) is 0 Å². The first-order valence-corrected chi connectivity index (χ1v) is 6.12. The van der Waals surface area contributed by atoms with Gasteiger partial charge in [-0.2, -0.15) is 12.7 Å². The number of hydrogen-bond donors (Lipinski definition) is 1. The Morgan fingerprint density at radius 3 is 2.40 bits per heavy atom. The molecule has 0 aromatic rings. The average molecular weight is 255 g/mol. The van der Waals surface area contributed by atoms with Gasteiger partial charge in [0.05, 0.1) is 6.54 Å². The summed E-state index contributed by atoms with van der Waals surface area (Å²) in [5.74, 6) is 0. The molecule has 1 aliphatic rings. The van der Waals surface area contributed by atoms with Crippen LogP contribution >= 0.6 is 12.6 Å². The average Bonchev–Trinajstić information content (AvgIpc) is 2.20. The molecular weight excluding hydrogens is 242 g/mol. The quantitative estimate of drug-likeness (QED) is 0.647. The molecule has 1 amide bonds. The first-order chi connectivity index (χ1) is 6.62. The normalized spacial score (nSPS) is 25.3. The van der Waals surface area contributed by atoms with E-state index in [0.29, 0.717) is 4.31 Å². The van der Waals surface area contributed by atoms with Crippen molar-refractivity contribution in [2.24, 2.45) is 0 Å². The Hall–Kier alpha value is -0.470. The molecule has 0 bridgehead atoms. The van der Waals surface area contributed by atoms with Crippen molar-refractivity contribution < 1.29 is 22.1 Å². The fourth-order valence-corrected chi connectivity index (χ4v) is 2.52. The zero-order valence-corrected chi connectivity index (χ0v) is 10.3. The van der Waals surface area contributed by atoms with E-state index in [1.165, 1.54) is 0 Å². The first kappa shape index (κ1) is 12.6. The number of amides is 1. The van der Waals surface area contributed by atoms with Gasteiger partial charge in [0.2, 0.25) is 0 Å². The van der Waals surface area contributed by atoms with E-state index in [1.807, 2.05) is 0 Å². The number of nitrogens with zero attached hydrogens (tertiary/aromatic N) is 1. The maximum atomic E-state index is 11.4.